The first-order valence-electron chi connectivity index (χ1n) is 9.09. The molecule has 0 saturated carbocycles. The number of hydrogen-bond acceptors (Lipinski definition) is 5. The molecular weight excluding hydrogens is 378 g/mol. The molecule has 3 aromatic rings. The van der Waals surface area contributed by atoms with Crippen molar-refractivity contribution in [2.75, 3.05) is 11.5 Å². The summed E-state index contributed by atoms with van der Waals surface area (Å²) in [4.78, 5) is 12.6. The Morgan fingerprint density at radius 1 is 1.29 bits per heavy atom. The molecule has 1 atom stereocenters. The summed E-state index contributed by atoms with van der Waals surface area (Å²) in [5, 5.41) is 7.25. The molecule has 146 valence electrons. The Balaban J connectivity index is 1.65. The van der Waals surface area contributed by atoms with Crippen LogP contribution in [0.3, 0.4) is 0 Å². The number of sulfone groups is 1. The van der Waals surface area contributed by atoms with Gasteiger partial charge in [-0.2, -0.15) is 5.10 Å². The standard InChI is InChI=1S/C20H21N3O4S/c1-14-4-6-15(7-5-14)19-11-18(20(24)21-12-17-3-2-9-27-17)22-23(19)16-8-10-28(25,26)13-16/h2-7,9,11,16H,8,10,12-13H2,1H3,(H,21,24)/t16-/m0/s1. The Morgan fingerprint density at radius 3 is 2.71 bits per heavy atom. The number of aromatic nitrogens is 2. The van der Waals surface area contributed by atoms with Gasteiger partial charge in [-0.25, -0.2) is 8.42 Å². The maximum atomic E-state index is 12.6. The first-order chi connectivity index (χ1) is 13.4. The van der Waals surface area contributed by atoms with E-state index >= 15 is 0 Å². The quantitative estimate of drug-likeness (QED) is 0.712. The van der Waals surface area contributed by atoms with E-state index in [0.717, 1.165) is 16.8 Å². The van der Waals surface area contributed by atoms with Gasteiger partial charge >= 0.3 is 0 Å². The molecule has 0 bridgehead atoms. The highest BCUT2D eigenvalue weighted by Gasteiger charge is 2.32. The van der Waals surface area contributed by atoms with Gasteiger partial charge < -0.3 is 9.73 Å². The minimum absolute atomic E-state index is 0.0427. The second kappa shape index (κ2) is 7.27. The predicted octanol–water partition coefficient (Wildman–Crippen LogP) is 2.74. The van der Waals surface area contributed by atoms with Gasteiger partial charge in [0.05, 0.1) is 36.0 Å². The highest BCUT2D eigenvalue weighted by Crippen LogP contribution is 2.30. The zero-order chi connectivity index (χ0) is 19.7. The zero-order valence-electron chi connectivity index (χ0n) is 15.5. The summed E-state index contributed by atoms with van der Waals surface area (Å²) >= 11 is 0. The van der Waals surface area contributed by atoms with Crippen molar-refractivity contribution in [3.8, 4) is 11.3 Å². The molecule has 2 aromatic heterocycles. The maximum Gasteiger partial charge on any atom is 0.272 e. The third kappa shape index (κ3) is 3.87. The van der Waals surface area contributed by atoms with Gasteiger partial charge in [0, 0.05) is 0 Å². The Morgan fingerprint density at radius 2 is 2.07 bits per heavy atom. The molecule has 1 fully saturated rings. The number of nitrogens with one attached hydrogen (secondary N) is 1. The lowest BCUT2D eigenvalue weighted by Gasteiger charge is -2.13. The molecule has 28 heavy (non-hydrogen) atoms. The minimum Gasteiger partial charge on any atom is -0.467 e. The molecule has 0 spiro atoms. The molecule has 8 heteroatoms. The SMILES string of the molecule is Cc1ccc(-c2cc(C(=O)NCc3ccco3)nn2[C@H]2CCS(=O)(=O)C2)cc1. The van der Waals surface area contributed by atoms with Crippen LogP contribution >= 0.6 is 0 Å². The molecule has 0 aliphatic carbocycles. The van der Waals surface area contributed by atoms with E-state index in [1.165, 1.54) is 0 Å². The summed E-state index contributed by atoms with van der Waals surface area (Å²) < 4.78 is 30.8. The fourth-order valence-electron chi connectivity index (χ4n) is 3.36. The van der Waals surface area contributed by atoms with E-state index in [9.17, 15) is 13.2 Å². The Labute approximate surface area is 163 Å². The van der Waals surface area contributed by atoms with Crippen LogP contribution in [0.4, 0.5) is 0 Å². The number of rotatable bonds is 5. The zero-order valence-corrected chi connectivity index (χ0v) is 16.3. The highest BCUT2D eigenvalue weighted by atomic mass is 32.2. The van der Waals surface area contributed by atoms with Gasteiger partial charge in [-0.1, -0.05) is 29.8 Å². The lowest BCUT2D eigenvalue weighted by Crippen LogP contribution is -2.23. The summed E-state index contributed by atoms with van der Waals surface area (Å²) in [5.74, 6) is 0.504. The molecule has 0 radical (unpaired) electrons. The van der Waals surface area contributed by atoms with E-state index in [1.807, 2.05) is 31.2 Å². The first kappa shape index (κ1) is 18.5. The number of carbonyl (C=O) groups is 1. The fraction of sp³-hybridized carbons (Fsp3) is 0.300. The maximum absolute atomic E-state index is 12.6. The number of benzene rings is 1. The normalized spacial score (nSPS) is 18.2. The van der Waals surface area contributed by atoms with Crippen LogP contribution in [0, 0.1) is 6.92 Å². The van der Waals surface area contributed by atoms with Crippen LogP contribution in [-0.4, -0.2) is 35.6 Å². The van der Waals surface area contributed by atoms with E-state index in [-0.39, 0.29) is 35.7 Å². The molecule has 7 nitrogen and oxygen atoms in total. The van der Waals surface area contributed by atoms with Gasteiger partial charge in [0.2, 0.25) is 0 Å². The van der Waals surface area contributed by atoms with Gasteiger partial charge in [-0.3, -0.25) is 9.48 Å². The molecule has 1 amide bonds. The molecule has 0 unspecified atom stereocenters. The molecule has 1 aromatic carbocycles. The van der Waals surface area contributed by atoms with Crippen LogP contribution in [0.2, 0.25) is 0 Å². The van der Waals surface area contributed by atoms with Crippen LogP contribution in [0.25, 0.3) is 11.3 Å². The number of carbonyl (C=O) groups excluding carboxylic acids is 1. The third-order valence-corrected chi connectivity index (χ3v) is 6.62. The van der Waals surface area contributed by atoms with E-state index in [0.29, 0.717) is 12.2 Å². The second-order valence-electron chi connectivity index (χ2n) is 7.04. The van der Waals surface area contributed by atoms with Gasteiger partial charge in [0.25, 0.3) is 5.91 Å². The van der Waals surface area contributed by atoms with Crippen molar-refractivity contribution < 1.29 is 17.6 Å². The van der Waals surface area contributed by atoms with Crippen LogP contribution in [-0.2, 0) is 16.4 Å². The third-order valence-electron chi connectivity index (χ3n) is 4.87. The van der Waals surface area contributed by atoms with Crippen molar-refractivity contribution in [2.45, 2.75) is 25.9 Å². The Hall–Kier alpha value is -2.87. The van der Waals surface area contributed by atoms with Gasteiger partial charge in [-0.15, -0.1) is 0 Å². The molecule has 1 saturated heterocycles. The summed E-state index contributed by atoms with van der Waals surface area (Å²) in [5.41, 5.74) is 3.01. The number of hydrogen-bond donors (Lipinski definition) is 1. The van der Waals surface area contributed by atoms with Gasteiger partial charge in [0.15, 0.2) is 15.5 Å². The topological polar surface area (TPSA) is 94.2 Å². The van der Waals surface area contributed by atoms with E-state index in [1.54, 1.807) is 29.1 Å². The lowest BCUT2D eigenvalue weighted by molar-refractivity contribution is 0.0942. The molecule has 1 N–H and O–H groups in total. The van der Waals surface area contributed by atoms with Crippen LogP contribution in [0.1, 0.15) is 34.3 Å². The summed E-state index contributed by atoms with van der Waals surface area (Å²) in [7, 11) is -3.07. The molecular formula is C20H21N3O4S. The minimum atomic E-state index is -3.07. The molecule has 4 rings (SSSR count). The largest absolute Gasteiger partial charge is 0.467 e. The van der Waals surface area contributed by atoms with Crippen molar-refractivity contribution >= 4 is 15.7 Å². The van der Waals surface area contributed by atoms with Crippen LogP contribution in [0.5, 0.6) is 0 Å². The van der Waals surface area contributed by atoms with Crippen LogP contribution < -0.4 is 5.32 Å². The number of amides is 1. The molecule has 1 aliphatic heterocycles. The van der Waals surface area contributed by atoms with Crippen molar-refractivity contribution in [1.29, 1.82) is 0 Å². The van der Waals surface area contributed by atoms with Crippen LogP contribution in [0.15, 0.2) is 53.1 Å². The van der Waals surface area contributed by atoms with Crippen molar-refractivity contribution in [3.63, 3.8) is 0 Å². The van der Waals surface area contributed by atoms with Crippen molar-refractivity contribution in [1.82, 2.24) is 15.1 Å². The molecule has 1 aliphatic rings. The summed E-state index contributed by atoms with van der Waals surface area (Å²) in [6.07, 6.45) is 2.04. The summed E-state index contributed by atoms with van der Waals surface area (Å²) in [6, 6.07) is 12.9. The monoisotopic (exact) mass is 399 g/mol. The first-order valence-corrected chi connectivity index (χ1v) is 10.9. The van der Waals surface area contributed by atoms with Crippen molar-refractivity contribution in [3.05, 3.63) is 65.7 Å². The fourth-order valence-corrected chi connectivity index (χ4v) is 5.06. The Bertz CT molecular complexity index is 1080. The van der Waals surface area contributed by atoms with Gasteiger partial charge in [0.1, 0.15) is 5.76 Å². The van der Waals surface area contributed by atoms with Gasteiger partial charge in [-0.05, 0) is 37.1 Å². The molecule has 3 heterocycles. The van der Waals surface area contributed by atoms with E-state index < -0.39 is 9.84 Å². The summed E-state index contributed by atoms with van der Waals surface area (Å²) in [6.45, 7) is 2.26. The Kier molecular flexibility index (Phi) is 4.80. The lowest BCUT2D eigenvalue weighted by atomic mass is 10.1. The van der Waals surface area contributed by atoms with E-state index in [4.69, 9.17) is 4.42 Å². The number of furan rings is 1. The second-order valence-corrected chi connectivity index (χ2v) is 9.27. The highest BCUT2D eigenvalue weighted by molar-refractivity contribution is 7.91. The average Bonchev–Trinajstić information content (AvgIpc) is 3.39. The van der Waals surface area contributed by atoms with Crippen molar-refractivity contribution in [2.24, 2.45) is 0 Å². The predicted molar refractivity (Wildman–Crippen MR) is 105 cm³/mol. The smallest absolute Gasteiger partial charge is 0.272 e. The number of aryl methyl sites for hydroxylation is 1. The number of nitrogens with zero attached hydrogens (tertiary/aromatic N) is 2. The van der Waals surface area contributed by atoms with E-state index in [2.05, 4.69) is 10.4 Å². The average molecular weight is 399 g/mol.